The molecule has 0 spiro atoms. The van der Waals surface area contributed by atoms with Crippen molar-refractivity contribution < 1.29 is 13.3 Å². The molecule has 0 bridgehead atoms. The molecule has 152 valence electrons. The standard InChI is InChI=1S/C22H31N3O2S/c1-4-18(3)19-6-12-22(13-7-19)28(26,27)23-20-8-10-21(11-9-20)25-16-14-24(5-2)15-17-25/h6-13,18,23H,4-5,14-17H2,1-3H3/p+1/t18-/m1/s1. The van der Waals surface area contributed by atoms with Crippen molar-refractivity contribution in [2.24, 2.45) is 0 Å². The molecule has 0 radical (unpaired) electrons. The molecule has 28 heavy (non-hydrogen) atoms. The zero-order valence-electron chi connectivity index (χ0n) is 17.1. The zero-order chi connectivity index (χ0) is 20.1. The van der Waals surface area contributed by atoms with E-state index >= 15 is 0 Å². The van der Waals surface area contributed by atoms with Gasteiger partial charge in [-0.1, -0.05) is 26.0 Å². The SMILES string of the molecule is CC[C@@H](C)c1ccc(S(=O)(=O)Nc2ccc(N3CC[NH+](CC)CC3)cc2)cc1. The van der Waals surface area contributed by atoms with E-state index in [4.69, 9.17) is 0 Å². The van der Waals surface area contributed by atoms with Gasteiger partial charge in [0.05, 0.1) is 37.6 Å². The summed E-state index contributed by atoms with van der Waals surface area (Å²) in [7, 11) is -3.58. The van der Waals surface area contributed by atoms with Crippen molar-refractivity contribution in [3.8, 4) is 0 Å². The second-order valence-corrected chi connectivity index (χ2v) is 9.30. The number of nitrogens with one attached hydrogen (secondary N) is 2. The van der Waals surface area contributed by atoms with Crippen molar-refractivity contribution in [3.05, 3.63) is 54.1 Å². The van der Waals surface area contributed by atoms with Crippen LogP contribution in [0.1, 0.15) is 38.7 Å². The fourth-order valence-electron chi connectivity index (χ4n) is 3.60. The van der Waals surface area contributed by atoms with Crippen LogP contribution in [0.15, 0.2) is 53.4 Å². The predicted octanol–water partition coefficient (Wildman–Crippen LogP) is 2.73. The molecule has 0 unspecified atom stereocenters. The maximum absolute atomic E-state index is 12.7. The van der Waals surface area contributed by atoms with Crippen LogP contribution in [0.4, 0.5) is 11.4 Å². The molecule has 1 heterocycles. The van der Waals surface area contributed by atoms with Crippen LogP contribution in [0.25, 0.3) is 0 Å². The summed E-state index contributed by atoms with van der Waals surface area (Å²) in [5.41, 5.74) is 2.90. The second kappa shape index (κ2) is 8.97. The van der Waals surface area contributed by atoms with Gasteiger partial charge in [-0.15, -0.1) is 0 Å². The van der Waals surface area contributed by atoms with Crippen molar-refractivity contribution >= 4 is 21.4 Å². The van der Waals surface area contributed by atoms with Crippen LogP contribution >= 0.6 is 0 Å². The van der Waals surface area contributed by atoms with Gasteiger partial charge in [-0.25, -0.2) is 8.42 Å². The Balaban J connectivity index is 1.66. The van der Waals surface area contributed by atoms with Gasteiger partial charge in [-0.05, 0) is 61.2 Å². The summed E-state index contributed by atoms with van der Waals surface area (Å²) in [6, 6.07) is 14.9. The number of hydrogen-bond donors (Lipinski definition) is 2. The molecule has 0 aromatic heterocycles. The Labute approximate surface area is 169 Å². The Hall–Kier alpha value is -2.05. The van der Waals surface area contributed by atoms with E-state index in [0.29, 0.717) is 16.5 Å². The normalized spacial score (nSPS) is 16.8. The molecule has 1 aliphatic rings. The summed E-state index contributed by atoms with van der Waals surface area (Å²) >= 11 is 0. The Morgan fingerprint density at radius 1 is 1.00 bits per heavy atom. The Bertz CT molecular complexity index is 856. The number of nitrogens with zero attached hydrogens (tertiary/aromatic N) is 1. The van der Waals surface area contributed by atoms with Crippen LogP contribution in [0, 0.1) is 0 Å². The number of sulfonamides is 1. The molecule has 1 saturated heterocycles. The van der Waals surface area contributed by atoms with Crippen molar-refractivity contribution in [1.29, 1.82) is 0 Å². The van der Waals surface area contributed by atoms with Crippen LogP contribution in [0.2, 0.25) is 0 Å². The van der Waals surface area contributed by atoms with E-state index < -0.39 is 10.0 Å². The lowest BCUT2D eigenvalue weighted by Crippen LogP contribution is -3.14. The number of likely N-dealkylation sites (N-methyl/N-ethyl adjacent to an activating group) is 1. The minimum atomic E-state index is -3.58. The Morgan fingerprint density at radius 3 is 2.14 bits per heavy atom. The fourth-order valence-corrected chi connectivity index (χ4v) is 4.66. The Kier molecular flexibility index (Phi) is 6.62. The van der Waals surface area contributed by atoms with Gasteiger partial charge in [0.25, 0.3) is 10.0 Å². The second-order valence-electron chi connectivity index (χ2n) is 7.62. The van der Waals surface area contributed by atoms with Crippen LogP contribution < -0.4 is 14.5 Å². The molecular weight excluding hydrogens is 370 g/mol. The number of rotatable bonds is 7. The molecule has 2 aromatic carbocycles. The lowest BCUT2D eigenvalue weighted by molar-refractivity contribution is -0.898. The smallest absolute Gasteiger partial charge is 0.261 e. The summed E-state index contributed by atoms with van der Waals surface area (Å²) < 4.78 is 28.1. The van der Waals surface area contributed by atoms with E-state index in [0.717, 1.165) is 43.9 Å². The minimum absolute atomic E-state index is 0.294. The summed E-state index contributed by atoms with van der Waals surface area (Å²) in [5, 5.41) is 0. The van der Waals surface area contributed by atoms with E-state index in [-0.39, 0.29) is 0 Å². The molecular formula is C22H32N3O2S+. The average molecular weight is 403 g/mol. The van der Waals surface area contributed by atoms with E-state index in [2.05, 4.69) is 30.4 Å². The molecule has 1 atom stereocenters. The Morgan fingerprint density at radius 2 is 1.61 bits per heavy atom. The lowest BCUT2D eigenvalue weighted by Gasteiger charge is -2.33. The molecule has 5 nitrogen and oxygen atoms in total. The topological polar surface area (TPSA) is 53.9 Å². The third-order valence-electron chi connectivity index (χ3n) is 5.83. The highest BCUT2D eigenvalue weighted by atomic mass is 32.2. The zero-order valence-corrected chi connectivity index (χ0v) is 17.9. The molecule has 3 rings (SSSR count). The lowest BCUT2D eigenvalue weighted by atomic mass is 9.99. The quantitative estimate of drug-likeness (QED) is 0.749. The fraction of sp³-hybridized carbons (Fsp3) is 0.455. The number of benzene rings is 2. The first-order chi connectivity index (χ1) is 13.4. The third-order valence-corrected chi connectivity index (χ3v) is 7.22. The molecule has 2 N–H and O–H groups in total. The van der Waals surface area contributed by atoms with Gasteiger partial charge in [-0.3, -0.25) is 4.72 Å². The van der Waals surface area contributed by atoms with Crippen molar-refractivity contribution in [2.75, 3.05) is 42.3 Å². The van der Waals surface area contributed by atoms with Gasteiger partial charge < -0.3 is 9.80 Å². The summed E-state index contributed by atoms with van der Waals surface area (Å²) in [6.45, 7) is 12.1. The van der Waals surface area contributed by atoms with E-state index in [1.54, 1.807) is 17.0 Å². The first kappa shape index (κ1) is 20.7. The minimum Gasteiger partial charge on any atom is -0.360 e. The molecule has 1 aliphatic heterocycles. The monoisotopic (exact) mass is 402 g/mol. The molecule has 0 amide bonds. The highest BCUT2D eigenvalue weighted by molar-refractivity contribution is 7.92. The molecule has 0 saturated carbocycles. The van der Waals surface area contributed by atoms with E-state index in [1.807, 2.05) is 36.4 Å². The summed E-state index contributed by atoms with van der Waals surface area (Å²) in [4.78, 5) is 4.30. The van der Waals surface area contributed by atoms with Crippen LogP contribution in [0.5, 0.6) is 0 Å². The van der Waals surface area contributed by atoms with Gasteiger partial charge in [-0.2, -0.15) is 0 Å². The summed E-state index contributed by atoms with van der Waals surface area (Å²) in [6.07, 6.45) is 1.03. The molecule has 2 aromatic rings. The molecule has 6 heteroatoms. The van der Waals surface area contributed by atoms with Gasteiger partial charge in [0.2, 0.25) is 0 Å². The van der Waals surface area contributed by atoms with E-state index in [9.17, 15) is 8.42 Å². The van der Waals surface area contributed by atoms with Crippen molar-refractivity contribution in [2.45, 2.75) is 38.0 Å². The highest BCUT2D eigenvalue weighted by Crippen LogP contribution is 2.23. The predicted molar refractivity (Wildman–Crippen MR) is 116 cm³/mol. The van der Waals surface area contributed by atoms with Crippen molar-refractivity contribution in [1.82, 2.24) is 0 Å². The number of anilines is 2. The van der Waals surface area contributed by atoms with Gasteiger partial charge >= 0.3 is 0 Å². The van der Waals surface area contributed by atoms with Crippen LogP contribution in [-0.4, -0.2) is 41.1 Å². The summed E-state index contributed by atoms with van der Waals surface area (Å²) in [5.74, 6) is 0.429. The number of piperazine rings is 1. The first-order valence-electron chi connectivity index (χ1n) is 10.2. The molecule has 0 aliphatic carbocycles. The van der Waals surface area contributed by atoms with Crippen LogP contribution in [-0.2, 0) is 10.0 Å². The number of hydrogen-bond acceptors (Lipinski definition) is 3. The molecule has 1 fully saturated rings. The average Bonchev–Trinajstić information content (AvgIpc) is 2.73. The van der Waals surface area contributed by atoms with Crippen molar-refractivity contribution in [3.63, 3.8) is 0 Å². The highest BCUT2D eigenvalue weighted by Gasteiger charge is 2.19. The largest absolute Gasteiger partial charge is 0.360 e. The first-order valence-corrected chi connectivity index (χ1v) is 11.7. The van der Waals surface area contributed by atoms with Gasteiger partial charge in [0.1, 0.15) is 0 Å². The maximum Gasteiger partial charge on any atom is 0.261 e. The van der Waals surface area contributed by atoms with Gasteiger partial charge in [0.15, 0.2) is 0 Å². The van der Waals surface area contributed by atoms with Gasteiger partial charge in [0, 0.05) is 11.4 Å². The maximum atomic E-state index is 12.7. The van der Waals surface area contributed by atoms with E-state index in [1.165, 1.54) is 6.54 Å². The third kappa shape index (κ3) is 4.86. The number of quaternary nitrogens is 1. The van der Waals surface area contributed by atoms with Crippen LogP contribution in [0.3, 0.4) is 0 Å².